The van der Waals surface area contributed by atoms with Crippen molar-refractivity contribution >= 4 is 17.5 Å². The Morgan fingerprint density at radius 1 is 1.20 bits per heavy atom. The molecular formula is C23H24ClN3O3. The van der Waals surface area contributed by atoms with Gasteiger partial charge in [-0.1, -0.05) is 54.1 Å². The predicted molar refractivity (Wildman–Crippen MR) is 115 cm³/mol. The summed E-state index contributed by atoms with van der Waals surface area (Å²) < 4.78 is 13.4. The summed E-state index contributed by atoms with van der Waals surface area (Å²) in [5.41, 5.74) is 3.28. The number of hydrogen-bond donors (Lipinski definition) is 1. The highest BCUT2D eigenvalue weighted by molar-refractivity contribution is 6.32. The molecule has 1 aliphatic rings. The number of halogens is 1. The minimum absolute atomic E-state index is 0.0958. The molecule has 1 aromatic heterocycles. The second kappa shape index (κ2) is 9.78. The van der Waals surface area contributed by atoms with Gasteiger partial charge in [0.25, 0.3) is 0 Å². The molecule has 2 heterocycles. The first kappa shape index (κ1) is 20.4. The van der Waals surface area contributed by atoms with Crippen LogP contribution in [-0.4, -0.2) is 35.4 Å². The standard InChI is InChI=1S/C23H24ClN3O3/c24-19-8-4-5-9-20(19)29-13-11-22(28)25-14-21-23-18(10-12-30-21)16-27(26-23)15-17-6-2-1-3-7-17/h1-9,16,21H,10-15H2,(H,25,28)/t21-/m0/s1. The summed E-state index contributed by atoms with van der Waals surface area (Å²) in [6.45, 7) is 1.99. The van der Waals surface area contributed by atoms with Crippen LogP contribution >= 0.6 is 11.6 Å². The van der Waals surface area contributed by atoms with Gasteiger partial charge in [-0.2, -0.15) is 5.10 Å². The number of carbonyl (C=O) groups excluding carboxylic acids is 1. The maximum Gasteiger partial charge on any atom is 0.223 e. The molecule has 2 aromatic carbocycles. The zero-order chi connectivity index (χ0) is 20.8. The number of fused-ring (bicyclic) bond motifs is 1. The normalized spacial score (nSPS) is 15.4. The summed E-state index contributed by atoms with van der Waals surface area (Å²) in [6.07, 6.45) is 2.92. The zero-order valence-electron chi connectivity index (χ0n) is 16.6. The third kappa shape index (κ3) is 5.20. The van der Waals surface area contributed by atoms with Gasteiger partial charge in [0.15, 0.2) is 0 Å². The van der Waals surface area contributed by atoms with E-state index in [0.29, 0.717) is 30.5 Å². The van der Waals surface area contributed by atoms with Crippen molar-refractivity contribution in [1.29, 1.82) is 0 Å². The lowest BCUT2D eigenvalue weighted by molar-refractivity contribution is -0.122. The molecule has 7 heteroatoms. The number of ether oxygens (including phenoxy) is 2. The van der Waals surface area contributed by atoms with Crippen LogP contribution in [-0.2, 0) is 22.5 Å². The molecule has 0 unspecified atom stereocenters. The first-order chi connectivity index (χ1) is 14.7. The number of benzene rings is 2. The monoisotopic (exact) mass is 425 g/mol. The Morgan fingerprint density at radius 3 is 2.83 bits per heavy atom. The van der Waals surface area contributed by atoms with Crippen LogP contribution in [0.15, 0.2) is 60.8 Å². The fourth-order valence-corrected chi connectivity index (χ4v) is 3.64. The number of nitrogens with zero attached hydrogens (tertiary/aromatic N) is 2. The highest BCUT2D eigenvalue weighted by Crippen LogP contribution is 2.26. The fraction of sp³-hybridized carbons (Fsp3) is 0.304. The SMILES string of the molecule is O=C(CCOc1ccccc1Cl)NC[C@@H]1OCCc2cn(Cc3ccccc3)nc21. The number of carbonyl (C=O) groups is 1. The van der Waals surface area contributed by atoms with E-state index in [0.717, 1.165) is 12.1 Å². The van der Waals surface area contributed by atoms with Gasteiger partial charge in [-0.25, -0.2) is 0 Å². The van der Waals surface area contributed by atoms with Crippen molar-refractivity contribution in [3.63, 3.8) is 0 Å². The molecule has 1 amide bonds. The Balaban J connectivity index is 1.28. The van der Waals surface area contributed by atoms with Gasteiger partial charge in [0, 0.05) is 12.7 Å². The molecule has 30 heavy (non-hydrogen) atoms. The smallest absolute Gasteiger partial charge is 0.223 e. The number of hydrogen-bond acceptors (Lipinski definition) is 4. The Labute approximate surface area is 180 Å². The average molecular weight is 426 g/mol. The van der Waals surface area contributed by atoms with Crippen molar-refractivity contribution in [3.05, 3.63) is 82.6 Å². The topological polar surface area (TPSA) is 65.4 Å². The van der Waals surface area contributed by atoms with Crippen LogP contribution in [0, 0.1) is 0 Å². The second-order valence-electron chi connectivity index (χ2n) is 7.17. The molecule has 4 rings (SSSR count). The zero-order valence-corrected chi connectivity index (χ0v) is 17.3. The van der Waals surface area contributed by atoms with Crippen molar-refractivity contribution in [1.82, 2.24) is 15.1 Å². The minimum Gasteiger partial charge on any atom is -0.491 e. The van der Waals surface area contributed by atoms with E-state index in [-0.39, 0.29) is 25.0 Å². The molecule has 1 atom stereocenters. The van der Waals surface area contributed by atoms with E-state index in [1.54, 1.807) is 12.1 Å². The van der Waals surface area contributed by atoms with Crippen molar-refractivity contribution in [2.45, 2.75) is 25.5 Å². The van der Waals surface area contributed by atoms with Gasteiger partial charge in [0.1, 0.15) is 11.9 Å². The van der Waals surface area contributed by atoms with Crippen LogP contribution < -0.4 is 10.1 Å². The van der Waals surface area contributed by atoms with Gasteiger partial charge in [0.2, 0.25) is 5.91 Å². The number of para-hydroxylation sites is 1. The summed E-state index contributed by atoms with van der Waals surface area (Å²) in [5, 5.41) is 8.18. The van der Waals surface area contributed by atoms with Crippen LogP contribution in [0.2, 0.25) is 5.02 Å². The maximum atomic E-state index is 12.2. The summed E-state index contributed by atoms with van der Waals surface area (Å²) in [6, 6.07) is 17.4. The molecule has 0 spiro atoms. The minimum atomic E-state index is -0.237. The molecule has 156 valence electrons. The van der Waals surface area contributed by atoms with Gasteiger partial charge >= 0.3 is 0 Å². The summed E-state index contributed by atoms with van der Waals surface area (Å²) in [7, 11) is 0. The fourth-order valence-electron chi connectivity index (χ4n) is 3.45. The molecule has 0 fully saturated rings. The van der Waals surface area contributed by atoms with Crippen molar-refractivity contribution in [2.75, 3.05) is 19.8 Å². The number of amides is 1. The molecule has 1 aliphatic heterocycles. The first-order valence-electron chi connectivity index (χ1n) is 10.0. The maximum absolute atomic E-state index is 12.2. The quantitative estimate of drug-likeness (QED) is 0.596. The van der Waals surface area contributed by atoms with Crippen LogP contribution in [0.5, 0.6) is 5.75 Å². The first-order valence-corrected chi connectivity index (χ1v) is 10.4. The van der Waals surface area contributed by atoms with E-state index in [1.807, 2.05) is 35.0 Å². The molecule has 0 saturated carbocycles. The van der Waals surface area contributed by atoms with Gasteiger partial charge in [-0.05, 0) is 29.7 Å². The number of nitrogens with one attached hydrogen (secondary N) is 1. The molecule has 0 radical (unpaired) electrons. The highest BCUT2D eigenvalue weighted by atomic mass is 35.5. The summed E-state index contributed by atoms with van der Waals surface area (Å²) in [4.78, 5) is 12.2. The molecule has 0 aliphatic carbocycles. The molecule has 6 nitrogen and oxygen atoms in total. The average Bonchev–Trinajstić information content (AvgIpc) is 3.17. The Kier molecular flexibility index (Phi) is 6.67. The lowest BCUT2D eigenvalue weighted by atomic mass is 10.1. The van der Waals surface area contributed by atoms with Crippen molar-refractivity contribution in [3.8, 4) is 5.75 Å². The third-order valence-electron chi connectivity index (χ3n) is 4.96. The van der Waals surface area contributed by atoms with E-state index >= 15 is 0 Å². The molecule has 3 aromatic rings. The van der Waals surface area contributed by atoms with E-state index in [4.69, 9.17) is 26.2 Å². The van der Waals surface area contributed by atoms with Crippen LogP contribution in [0.3, 0.4) is 0 Å². The molecule has 0 saturated heterocycles. The van der Waals surface area contributed by atoms with E-state index in [1.165, 1.54) is 11.1 Å². The molecule has 0 bridgehead atoms. The van der Waals surface area contributed by atoms with Gasteiger partial charge in [-0.3, -0.25) is 9.48 Å². The molecular weight excluding hydrogens is 402 g/mol. The van der Waals surface area contributed by atoms with Gasteiger partial charge in [-0.15, -0.1) is 0 Å². The van der Waals surface area contributed by atoms with E-state index in [2.05, 4.69) is 23.6 Å². The highest BCUT2D eigenvalue weighted by Gasteiger charge is 2.25. The van der Waals surface area contributed by atoms with Crippen molar-refractivity contribution in [2.24, 2.45) is 0 Å². The van der Waals surface area contributed by atoms with Crippen LogP contribution in [0.4, 0.5) is 0 Å². The third-order valence-corrected chi connectivity index (χ3v) is 5.27. The van der Waals surface area contributed by atoms with E-state index in [9.17, 15) is 4.79 Å². The Hall–Kier alpha value is -2.83. The Bertz CT molecular complexity index is 990. The van der Waals surface area contributed by atoms with Crippen LogP contribution in [0.1, 0.15) is 29.3 Å². The largest absolute Gasteiger partial charge is 0.491 e. The summed E-state index contributed by atoms with van der Waals surface area (Å²) in [5.74, 6) is 0.484. The number of aromatic nitrogens is 2. The van der Waals surface area contributed by atoms with Crippen molar-refractivity contribution < 1.29 is 14.3 Å². The lowest BCUT2D eigenvalue weighted by Crippen LogP contribution is -2.32. The number of rotatable bonds is 8. The van der Waals surface area contributed by atoms with Crippen LogP contribution in [0.25, 0.3) is 0 Å². The second-order valence-corrected chi connectivity index (χ2v) is 7.57. The summed E-state index contributed by atoms with van der Waals surface area (Å²) >= 11 is 6.05. The van der Waals surface area contributed by atoms with Gasteiger partial charge in [0.05, 0.1) is 36.9 Å². The predicted octanol–water partition coefficient (Wildman–Crippen LogP) is 3.78. The lowest BCUT2D eigenvalue weighted by Gasteiger charge is -2.22. The van der Waals surface area contributed by atoms with Gasteiger partial charge < -0.3 is 14.8 Å². The Morgan fingerprint density at radius 2 is 2.00 bits per heavy atom. The van der Waals surface area contributed by atoms with E-state index < -0.39 is 0 Å². The molecule has 1 N–H and O–H groups in total.